The van der Waals surface area contributed by atoms with E-state index in [1.165, 1.54) is 6.92 Å². The van der Waals surface area contributed by atoms with Gasteiger partial charge in [0.1, 0.15) is 0 Å². The Balaban J connectivity index is 2.19. The van der Waals surface area contributed by atoms with Crippen molar-refractivity contribution in [2.45, 2.75) is 25.9 Å². The first-order valence-electron chi connectivity index (χ1n) is 5.84. The molecule has 2 atom stereocenters. The molecular formula is C11H22N2O3. The predicted molar refractivity (Wildman–Crippen MR) is 61.4 cm³/mol. The van der Waals surface area contributed by atoms with Crippen molar-refractivity contribution in [3.8, 4) is 0 Å². The average Bonchev–Trinajstić information content (AvgIpc) is 2.65. The molecule has 1 fully saturated rings. The zero-order chi connectivity index (χ0) is 12.2. The van der Waals surface area contributed by atoms with E-state index in [4.69, 9.17) is 5.11 Å². The first-order chi connectivity index (χ1) is 7.45. The predicted octanol–water partition coefficient (Wildman–Crippen LogP) is -0.247. The fourth-order valence-electron chi connectivity index (χ4n) is 1.96. The van der Waals surface area contributed by atoms with Crippen molar-refractivity contribution in [1.29, 1.82) is 0 Å². The summed E-state index contributed by atoms with van der Waals surface area (Å²) in [5.41, 5.74) is -1.66. The number of carbonyl (C=O) groups is 1. The zero-order valence-corrected chi connectivity index (χ0v) is 10.1. The van der Waals surface area contributed by atoms with E-state index in [0.717, 1.165) is 32.6 Å². The molecule has 2 unspecified atom stereocenters. The summed E-state index contributed by atoms with van der Waals surface area (Å²) in [5.74, 6) is -0.605. The first-order valence-corrected chi connectivity index (χ1v) is 5.84. The molecule has 1 aliphatic rings. The summed E-state index contributed by atoms with van der Waals surface area (Å²) in [4.78, 5) is 13.0. The molecule has 0 aromatic carbocycles. The largest absolute Gasteiger partial charge is 0.479 e. The summed E-state index contributed by atoms with van der Waals surface area (Å²) in [6.45, 7) is 7.60. The second-order valence-corrected chi connectivity index (χ2v) is 4.76. The van der Waals surface area contributed by atoms with Gasteiger partial charge in [0.2, 0.25) is 0 Å². The normalized spacial score (nSPS) is 25.6. The van der Waals surface area contributed by atoms with Crippen LogP contribution in [0.25, 0.3) is 0 Å². The van der Waals surface area contributed by atoms with Crippen LogP contribution in [-0.2, 0) is 4.79 Å². The van der Waals surface area contributed by atoms with Crippen molar-refractivity contribution in [3.63, 3.8) is 0 Å². The van der Waals surface area contributed by atoms with Gasteiger partial charge in [-0.15, -0.1) is 0 Å². The Labute approximate surface area is 96.4 Å². The van der Waals surface area contributed by atoms with Crippen LogP contribution in [0.15, 0.2) is 0 Å². The maximum Gasteiger partial charge on any atom is 0.336 e. The Morgan fingerprint density at radius 3 is 2.81 bits per heavy atom. The Bertz CT molecular complexity index is 243. The van der Waals surface area contributed by atoms with Crippen LogP contribution in [0.3, 0.4) is 0 Å². The van der Waals surface area contributed by atoms with E-state index in [1.54, 1.807) is 0 Å². The SMILES string of the molecule is CCN1CCC(CNCC(C)(O)C(=O)O)C1. The van der Waals surface area contributed by atoms with E-state index >= 15 is 0 Å². The highest BCUT2D eigenvalue weighted by molar-refractivity contribution is 5.76. The van der Waals surface area contributed by atoms with Crippen LogP contribution in [0, 0.1) is 5.92 Å². The van der Waals surface area contributed by atoms with Gasteiger partial charge in [-0.25, -0.2) is 4.79 Å². The molecule has 0 aromatic rings. The summed E-state index contributed by atoms with van der Waals surface area (Å²) in [5, 5.41) is 21.2. The highest BCUT2D eigenvalue weighted by Gasteiger charge is 2.30. The van der Waals surface area contributed by atoms with Gasteiger partial charge >= 0.3 is 5.97 Å². The van der Waals surface area contributed by atoms with Crippen molar-refractivity contribution in [1.82, 2.24) is 10.2 Å². The number of nitrogens with one attached hydrogen (secondary N) is 1. The minimum atomic E-state index is -1.66. The second-order valence-electron chi connectivity index (χ2n) is 4.76. The summed E-state index contributed by atoms with van der Waals surface area (Å²) in [6.07, 6.45) is 1.15. The lowest BCUT2D eigenvalue weighted by Crippen LogP contribution is -2.46. The Kier molecular flexibility index (Phi) is 4.70. The zero-order valence-electron chi connectivity index (χ0n) is 10.1. The number of aliphatic hydroxyl groups is 1. The molecule has 16 heavy (non-hydrogen) atoms. The van der Waals surface area contributed by atoms with Gasteiger partial charge in [-0.3, -0.25) is 0 Å². The molecule has 3 N–H and O–H groups in total. The van der Waals surface area contributed by atoms with Crippen molar-refractivity contribution in [2.24, 2.45) is 5.92 Å². The minimum absolute atomic E-state index is 0.102. The molecule has 1 saturated heterocycles. The topological polar surface area (TPSA) is 72.8 Å². The molecule has 1 aliphatic heterocycles. The number of hydrogen-bond donors (Lipinski definition) is 3. The summed E-state index contributed by atoms with van der Waals surface area (Å²) < 4.78 is 0. The summed E-state index contributed by atoms with van der Waals surface area (Å²) in [7, 11) is 0. The first kappa shape index (κ1) is 13.4. The van der Waals surface area contributed by atoms with Crippen LogP contribution in [0.5, 0.6) is 0 Å². The number of aliphatic carboxylic acids is 1. The molecule has 5 nitrogen and oxygen atoms in total. The molecule has 0 bridgehead atoms. The van der Waals surface area contributed by atoms with Gasteiger partial charge in [0.05, 0.1) is 0 Å². The number of hydrogen-bond acceptors (Lipinski definition) is 4. The van der Waals surface area contributed by atoms with Crippen LogP contribution in [-0.4, -0.2) is 59.4 Å². The third-order valence-electron chi connectivity index (χ3n) is 3.18. The lowest BCUT2D eigenvalue weighted by Gasteiger charge is -2.20. The van der Waals surface area contributed by atoms with E-state index in [2.05, 4.69) is 17.1 Å². The van der Waals surface area contributed by atoms with Crippen molar-refractivity contribution in [2.75, 3.05) is 32.7 Å². The van der Waals surface area contributed by atoms with Crippen LogP contribution in [0.2, 0.25) is 0 Å². The molecule has 1 rings (SSSR count). The molecule has 1 heterocycles. The molecule has 0 radical (unpaired) electrons. The number of carboxylic acids is 1. The molecule has 0 aromatic heterocycles. The summed E-state index contributed by atoms with van der Waals surface area (Å²) in [6, 6.07) is 0. The highest BCUT2D eigenvalue weighted by atomic mass is 16.4. The van der Waals surface area contributed by atoms with Crippen molar-refractivity contribution < 1.29 is 15.0 Å². The van der Waals surface area contributed by atoms with Gasteiger partial charge in [-0.05, 0) is 38.9 Å². The fraction of sp³-hybridized carbons (Fsp3) is 0.909. The van der Waals surface area contributed by atoms with E-state index in [0.29, 0.717) is 5.92 Å². The van der Waals surface area contributed by atoms with Crippen LogP contribution in [0.4, 0.5) is 0 Å². The maximum absolute atomic E-state index is 10.6. The van der Waals surface area contributed by atoms with E-state index in [9.17, 15) is 9.90 Å². The Morgan fingerprint density at radius 1 is 1.62 bits per heavy atom. The minimum Gasteiger partial charge on any atom is -0.479 e. The standard InChI is InChI=1S/C11H22N2O3/c1-3-13-5-4-9(7-13)6-12-8-11(2,16)10(14)15/h9,12,16H,3-8H2,1-2H3,(H,14,15). The Morgan fingerprint density at radius 2 is 2.31 bits per heavy atom. The smallest absolute Gasteiger partial charge is 0.336 e. The Hall–Kier alpha value is -0.650. The molecule has 5 heteroatoms. The van der Waals surface area contributed by atoms with Crippen LogP contribution in [0.1, 0.15) is 20.3 Å². The van der Waals surface area contributed by atoms with Crippen molar-refractivity contribution in [3.05, 3.63) is 0 Å². The van der Waals surface area contributed by atoms with Gasteiger partial charge in [0, 0.05) is 13.1 Å². The molecule has 0 spiro atoms. The average molecular weight is 230 g/mol. The third kappa shape index (κ3) is 3.73. The number of rotatable bonds is 6. The van der Waals surface area contributed by atoms with E-state index < -0.39 is 11.6 Å². The highest BCUT2D eigenvalue weighted by Crippen LogP contribution is 2.14. The lowest BCUT2D eigenvalue weighted by molar-refractivity contribution is -0.156. The lowest BCUT2D eigenvalue weighted by atomic mass is 10.1. The number of carboxylic acid groups (broad SMARTS) is 1. The van der Waals surface area contributed by atoms with Gasteiger partial charge in [-0.2, -0.15) is 0 Å². The van der Waals surface area contributed by atoms with Gasteiger partial charge in [-0.1, -0.05) is 6.92 Å². The fourth-order valence-corrected chi connectivity index (χ4v) is 1.96. The molecule has 0 saturated carbocycles. The quantitative estimate of drug-likeness (QED) is 0.587. The second kappa shape index (κ2) is 5.61. The molecule has 0 amide bonds. The molecular weight excluding hydrogens is 208 g/mol. The molecule has 0 aliphatic carbocycles. The van der Waals surface area contributed by atoms with Crippen molar-refractivity contribution >= 4 is 5.97 Å². The van der Waals surface area contributed by atoms with Crippen LogP contribution < -0.4 is 5.32 Å². The van der Waals surface area contributed by atoms with E-state index in [1.807, 2.05) is 0 Å². The van der Waals surface area contributed by atoms with Gasteiger partial charge in [0.15, 0.2) is 5.60 Å². The maximum atomic E-state index is 10.6. The van der Waals surface area contributed by atoms with E-state index in [-0.39, 0.29) is 6.54 Å². The van der Waals surface area contributed by atoms with Crippen LogP contribution >= 0.6 is 0 Å². The van der Waals surface area contributed by atoms with Gasteiger partial charge in [0.25, 0.3) is 0 Å². The number of nitrogens with zero attached hydrogens (tertiary/aromatic N) is 1. The third-order valence-corrected chi connectivity index (χ3v) is 3.18. The monoisotopic (exact) mass is 230 g/mol. The summed E-state index contributed by atoms with van der Waals surface area (Å²) >= 11 is 0. The number of likely N-dealkylation sites (tertiary alicyclic amines) is 1. The molecule has 94 valence electrons. The van der Waals surface area contributed by atoms with Gasteiger partial charge < -0.3 is 20.4 Å².